The third-order valence-electron chi connectivity index (χ3n) is 5.64. The number of carbonyl (C=O) groups is 1. The van der Waals surface area contributed by atoms with Crippen molar-refractivity contribution in [1.29, 1.82) is 0 Å². The van der Waals surface area contributed by atoms with Crippen molar-refractivity contribution in [2.75, 3.05) is 21.9 Å². The molecule has 33 heavy (non-hydrogen) atoms. The number of aromatic nitrogens is 2. The molecule has 0 saturated carbocycles. The van der Waals surface area contributed by atoms with E-state index < -0.39 is 10.0 Å². The van der Waals surface area contributed by atoms with Crippen molar-refractivity contribution in [3.05, 3.63) is 84.6 Å². The molecule has 7 nitrogen and oxygen atoms in total. The van der Waals surface area contributed by atoms with Gasteiger partial charge in [-0.15, -0.1) is 0 Å². The van der Waals surface area contributed by atoms with E-state index >= 15 is 0 Å². The second-order valence-corrected chi connectivity index (χ2v) is 9.93. The average molecular weight is 459 g/mol. The molecule has 1 aliphatic rings. The second kappa shape index (κ2) is 8.63. The van der Waals surface area contributed by atoms with Gasteiger partial charge < -0.3 is 5.32 Å². The number of nitrogens with zero attached hydrogens (tertiary/aromatic N) is 3. The first-order chi connectivity index (χ1) is 16.0. The third-order valence-corrected chi connectivity index (χ3v) is 7.51. The quantitative estimate of drug-likeness (QED) is 0.487. The number of anilines is 2. The van der Waals surface area contributed by atoms with Crippen molar-refractivity contribution in [3.63, 3.8) is 0 Å². The Morgan fingerprint density at radius 3 is 2.58 bits per heavy atom. The lowest BCUT2D eigenvalue weighted by atomic mass is 10.1. The maximum atomic E-state index is 12.8. The summed E-state index contributed by atoms with van der Waals surface area (Å²) in [6.07, 6.45) is 3.25. The van der Waals surface area contributed by atoms with Gasteiger partial charge in [0.1, 0.15) is 0 Å². The van der Waals surface area contributed by atoms with Crippen LogP contribution in [0.3, 0.4) is 0 Å². The summed E-state index contributed by atoms with van der Waals surface area (Å²) in [5.41, 5.74) is 4.99. The summed E-state index contributed by atoms with van der Waals surface area (Å²) in [5, 5.41) is 2.91. The van der Waals surface area contributed by atoms with Gasteiger partial charge in [0.05, 0.1) is 28.2 Å². The summed E-state index contributed by atoms with van der Waals surface area (Å²) in [6, 6.07) is 21.7. The summed E-state index contributed by atoms with van der Waals surface area (Å²) >= 11 is 0. The highest BCUT2D eigenvalue weighted by Gasteiger charge is 2.26. The fourth-order valence-corrected chi connectivity index (χ4v) is 5.57. The zero-order chi connectivity index (χ0) is 22.8. The highest BCUT2D eigenvalue weighted by Crippen LogP contribution is 2.25. The van der Waals surface area contributed by atoms with Crippen molar-refractivity contribution < 1.29 is 13.2 Å². The summed E-state index contributed by atoms with van der Waals surface area (Å²) in [7, 11) is -3.28. The fourth-order valence-electron chi connectivity index (χ4n) is 3.94. The number of fused-ring (bicyclic) bond motifs is 1. The number of hydrogen-bond donors (Lipinski definition) is 1. The molecule has 0 spiro atoms. The predicted molar refractivity (Wildman–Crippen MR) is 130 cm³/mol. The van der Waals surface area contributed by atoms with E-state index in [0.29, 0.717) is 29.9 Å². The zero-order valence-corrected chi connectivity index (χ0v) is 18.6. The van der Waals surface area contributed by atoms with E-state index in [1.807, 2.05) is 48.5 Å². The Morgan fingerprint density at radius 2 is 1.76 bits per heavy atom. The van der Waals surface area contributed by atoms with Crippen molar-refractivity contribution in [1.82, 2.24) is 9.97 Å². The standard InChI is InChI=1S/C25H22N4O3S/c30-25(18-8-10-21(11-9-18)29-15-1-2-16-33(29,31)32)27-20-6-3-5-19(17-20)22-12-13-23-24(28-22)7-4-14-26-23/h3-14,17H,1-2,15-16H2,(H,27,30). The smallest absolute Gasteiger partial charge is 0.255 e. The lowest BCUT2D eigenvalue weighted by molar-refractivity contribution is 0.102. The average Bonchev–Trinajstić information content (AvgIpc) is 2.84. The molecule has 2 aromatic carbocycles. The van der Waals surface area contributed by atoms with Crippen LogP contribution in [0, 0.1) is 0 Å². The van der Waals surface area contributed by atoms with Gasteiger partial charge in [-0.05, 0) is 73.5 Å². The van der Waals surface area contributed by atoms with Crippen LogP contribution in [0.1, 0.15) is 23.2 Å². The number of hydrogen-bond acceptors (Lipinski definition) is 5. The molecule has 1 aliphatic heterocycles. The molecule has 0 atom stereocenters. The third kappa shape index (κ3) is 4.42. The Labute approximate surface area is 192 Å². The molecule has 5 rings (SSSR count). The van der Waals surface area contributed by atoms with E-state index in [2.05, 4.69) is 15.3 Å². The summed E-state index contributed by atoms with van der Waals surface area (Å²) in [5.74, 6) is -0.107. The van der Waals surface area contributed by atoms with E-state index in [0.717, 1.165) is 28.7 Å². The van der Waals surface area contributed by atoms with Gasteiger partial charge >= 0.3 is 0 Å². The van der Waals surface area contributed by atoms with E-state index in [1.54, 1.807) is 30.5 Å². The van der Waals surface area contributed by atoms with Crippen molar-refractivity contribution in [3.8, 4) is 11.3 Å². The van der Waals surface area contributed by atoms with Crippen LogP contribution in [0.2, 0.25) is 0 Å². The number of benzene rings is 2. The minimum absolute atomic E-state index is 0.161. The molecule has 0 radical (unpaired) electrons. The van der Waals surface area contributed by atoms with Crippen molar-refractivity contribution >= 4 is 38.3 Å². The minimum atomic E-state index is -3.28. The molecule has 0 unspecified atom stereocenters. The highest BCUT2D eigenvalue weighted by molar-refractivity contribution is 7.92. The molecule has 3 heterocycles. The second-order valence-electron chi connectivity index (χ2n) is 7.92. The largest absolute Gasteiger partial charge is 0.322 e. The molecule has 4 aromatic rings. The Morgan fingerprint density at radius 1 is 0.909 bits per heavy atom. The first kappa shape index (κ1) is 21.1. The molecule has 1 N–H and O–H groups in total. The molecule has 0 bridgehead atoms. The van der Waals surface area contributed by atoms with Gasteiger partial charge in [0.15, 0.2) is 0 Å². The van der Waals surface area contributed by atoms with E-state index in [-0.39, 0.29) is 11.7 Å². The van der Waals surface area contributed by atoms with E-state index in [9.17, 15) is 13.2 Å². The molecule has 1 fully saturated rings. The maximum Gasteiger partial charge on any atom is 0.255 e. The van der Waals surface area contributed by atoms with E-state index in [1.165, 1.54) is 4.31 Å². The van der Waals surface area contributed by atoms with E-state index in [4.69, 9.17) is 0 Å². The highest BCUT2D eigenvalue weighted by atomic mass is 32.2. The van der Waals surface area contributed by atoms with Crippen molar-refractivity contribution in [2.24, 2.45) is 0 Å². The van der Waals surface area contributed by atoms with Crippen molar-refractivity contribution in [2.45, 2.75) is 12.8 Å². The van der Waals surface area contributed by atoms with Gasteiger partial charge in [-0.1, -0.05) is 12.1 Å². The fraction of sp³-hybridized carbons (Fsp3) is 0.160. The number of rotatable bonds is 4. The molecule has 0 aliphatic carbocycles. The lowest BCUT2D eigenvalue weighted by Crippen LogP contribution is -2.37. The van der Waals surface area contributed by atoms with Gasteiger partial charge in [-0.25, -0.2) is 13.4 Å². The van der Waals surface area contributed by atoms with Gasteiger partial charge in [-0.2, -0.15) is 0 Å². The number of nitrogens with one attached hydrogen (secondary N) is 1. The maximum absolute atomic E-state index is 12.8. The van der Waals surface area contributed by atoms with Crippen LogP contribution in [-0.4, -0.2) is 36.6 Å². The summed E-state index contributed by atoms with van der Waals surface area (Å²) < 4.78 is 26.0. The van der Waals surface area contributed by atoms with Gasteiger partial charge in [0.25, 0.3) is 5.91 Å². The Balaban J connectivity index is 1.33. The first-order valence-corrected chi connectivity index (χ1v) is 12.3. The predicted octanol–water partition coefficient (Wildman–Crippen LogP) is 4.48. The molecule has 8 heteroatoms. The molecular weight excluding hydrogens is 436 g/mol. The first-order valence-electron chi connectivity index (χ1n) is 10.7. The topological polar surface area (TPSA) is 92.3 Å². The van der Waals surface area contributed by atoms with Crippen LogP contribution in [-0.2, 0) is 10.0 Å². The van der Waals surface area contributed by atoms with Crippen LogP contribution in [0.4, 0.5) is 11.4 Å². The van der Waals surface area contributed by atoms with Crippen LogP contribution in [0.5, 0.6) is 0 Å². The SMILES string of the molecule is O=C(Nc1cccc(-c2ccc3ncccc3n2)c1)c1ccc(N2CCCCS2(=O)=O)cc1. The number of pyridine rings is 2. The normalized spacial score (nSPS) is 15.3. The molecule has 2 aromatic heterocycles. The zero-order valence-electron chi connectivity index (χ0n) is 17.8. The molecule has 166 valence electrons. The molecule has 1 saturated heterocycles. The molecular formula is C25H22N4O3S. The minimum Gasteiger partial charge on any atom is -0.322 e. The summed E-state index contributed by atoms with van der Waals surface area (Å²) in [4.78, 5) is 21.7. The summed E-state index contributed by atoms with van der Waals surface area (Å²) in [6.45, 7) is 0.472. The van der Waals surface area contributed by atoms with Crippen LogP contribution in [0.15, 0.2) is 79.0 Å². The monoisotopic (exact) mass is 458 g/mol. The molecule has 1 amide bonds. The van der Waals surface area contributed by atoms with Crippen LogP contribution in [0.25, 0.3) is 22.3 Å². The Kier molecular flexibility index (Phi) is 5.51. The lowest BCUT2D eigenvalue weighted by Gasteiger charge is -2.28. The van der Waals surface area contributed by atoms with Crippen LogP contribution >= 0.6 is 0 Å². The van der Waals surface area contributed by atoms with Gasteiger partial charge in [0.2, 0.25) is 10.0 Å². The number of amides is 1. The van der Waals surface area contributed by atoms with Gasteiger partial charge in [-0.3, -0.25) is 14.1 Å². The Bertz CT molecular complexity index is 1440. The number of carbonyl (C=O) groups excluding carboxylic acids is 1. The van der Waals surface area contributed by atoms with Gasteiger partial charge in [0, 0.05) is 29.6 Å². The number of sulfonamides is 1. The Hall–Kier alpha value is -3.78. The van der Waals surface area contributed by atoms with Crippen LogP contribution < -0.4 is 9.62 Å².